The first-order valence-electron chi connectivity index (χ1n) is 7.32. The molecule has 0 bridgehead atoms. The number of nitrogens with zero attached hydrogens (tertiary/aromatic N) is 2. The zero-order chi connectivity index (χ0) is 14.7. The minimum absolute atomic E-state index is 0.141. The second-order valence-electron chi connectivity index (χ2n) is 5.40. The Balaban J connectivity index is 1.70. The van der Waals surface area contributed by atoms with Crippen molar-refractivity contribution in [2.75, 3.05) is 13.2 Å². The van der Waals surface area contributed by atoms with E-state index in [1.807, 2.05) is 0 Å². The van der Waals surface area contributed by atoms with E-state index < -0.39 is 0 Å². The fraction of sp³-hybridized carbons (Fsp3) is 0.438. The van der Waals surface area contributed by atoms with Gasteiger partial charge in [-0.2, -0.15) is 0 Å². The zero-order valence-electron chi connectivity index (χ0n) is 11.8. The van der Waals surface area contributed by atoms with Crippen LogP contribution < -0.4 is 0 Å². The summed E-state index contributed by atoms with van der Waals surface area (Å²) in [7, 11) is 0. The molecule has 5 heteroatoms. The highest BCUT2D eigenvalue weighted by Gasteiger charge is 2.25. The lowest BCUT2D eigenvalue weighted by molar-refractivity contribution is 0.0863. The van der Waals surface area contributed by atoms with E-state index >= 15 is 0 Å². The summed E-state index contributed by atoms with van der Waals surface area (Å²) in [4.78, 5) is 6.51. The highest BCUT2D eigenvalue weighted by molar-refractivity contribution is 5.55. The van der Waals surface area contributed by atoms with Gasteiger partial charge in [0.05, 0.1) is 19.3 Å². The van der Waals surface area contributed by atoms with E-state index in [1.54, 1.807) is 18.3 Å². The summed E-state index contributed by atoms with van der Waals surface area (Å²) >= 11 is 0. The highest BCUT2D eigenvalue weighted by Crippen LogP contribution is 2.27. The lowest BCUT2D eigenvalue weighted by Gasteiger charge is -2.36. The molecule has 1 heterocycles. The first-order chi connectivity index (χ1) is 10.3. The molecule has 1 saturated carbocycles. The van der Waals surface area contributed by atoms with Crippen molar-refractivity contribution in [2.45, 2.75) is 31.8 Å². The zero-order valence-corrected chi connectivity index (χ0v) is 11.8. The Morgan fingerprint density at radius 2 is 2.05 bits per heavy atom. The summed E-state index contributed by atoms with van der Waals surface area (Å²) in [6.45, 7) is 1.38. The largest absolute Gasteiger partial charge is 0.439 e. The third kappa shape index (κ3) is 3.31. The molecule has 0 amide bonds. The Morgan fingerprint density at radius 3 is 2.67 bits per heavy atom. The molecule has 0 radical (unpaired) electrons. The van der Waals surface area contributed by atoms with Crippen molar-refractivity contribution >= 4 is 0 Å². The first kappa shape index (κ1) is 14.2. The van der Waals surface area contributed by atoms with Crippen LogP contribution in [0, 0.1) is 5.82 Å². The third-order valence-corrected chi connectivity index (χ3v) is 4.00. The average molecular weight is 290 g/mol. The van der Waals surface area contributed by atoms with E-state index in [4.69, 9.17) is 9.52 Å². The number of rotatable bonds is 6. The molecule has 0 aliphatic heterocycles. The van der Waals surface area contributed by atoms with Crippen LogP contribution in [0.1, 0.15) is 25.2 Å². The van der Waals surface area contributed by atoms with Gasteiger partial charge in [0, 0.05) is 18.2 Å². The van der Waals surface area contributed by atoms with Crippen LogP contribution in [0.15, 0.2) is 34.9 Å². The normalized spacial score (nSPS) is 15.4. The number of benzene rings is 1. The minimum Gasteiger partial charge on any atom is -0.439 e. The molecule has 0 atom stereocenters. The molecule has 112 valence electrons. The van der Waals surface area contributed by atoms with Gasteiger partial charge in [0.2, 0.25) is 5.89 Å². The number of hydrogen-bond acceptors (Lipinski definition) is 4. The molecule has 21 heavy (non-hydrogen) atoms. The van der Waals surface area contributed by atoms with Gasteiger partial charge in [-0.15, -0.1) is 0 Å². The monoisotopic (exact) mass is 290 g/mol. The van der Waals surface area contributed by atoms with Gasteiger partial charge in [0.25, 0.3) is 0 Å². The SMILES string of the molecule is OCCN(Cc1ncc(-c2ccc(F)cc2)o1)C1CCC1. The van der Waals surface area contributed by atoms with E-state index in [-0.39, 0.29) is 12.4 Å². The number of oxazole rings is 1. The molecule has 1 aromatic heterocycles. The fourth-order valence-electron chi connectivity index (χ4n) is 2.58. The molecule has 1 N–H and O–H groups in total. The summed E-state index contributed by atoms with van der Waals surface area (Å²) < 4.78 is 18.7. The topological polar surface area (TPSA) is 49.5 Å². The van der Waals surface area contributed by atoms with E-state index in [2.05, 4.69) is 9.88 Å². The standard InChI is InChI=1S/C16H19FN2O2/c17-13-6-4-12(5-7-13)15-10-18-16(21-15)11-19(8-9-20)14-2-1-3-14/h4-7,10,14,20H,1-3,8-9,11H2. The third-order valence-electron chi connectivity index (χ3n) is 4.00. The van der Waals surface area contributed by atoms with Gasteiger partial charge in [-0.1, -0.05) is 6.42 Å². The molecule has 0 unspecified atom stereocenters. The first-order valence-corrected chi connectivity index (χ1v) is 7.32. The lowest BCUT2D eigenvalue weighted by atomic mass is 9.91. The molecule has 3 rings (SSSR count). The van der Waals surface area contributed by atoms with Gasteiger partial charge >= 0.3 is 0 Å². The average Bonchev–Trinajstić information content (AvgIpc) is 2.86. The maximum atomic E-state index is 12.9. The lowest BCUT2D eigenvalue weighted by Crippen LogP contribution is -2.41. The van der Waals surface area contributed by atoms with Crippen molar-refractivity contribution in [3.05, 3.63) is 42.2 Å². The quantitative estimate of drug-likeness (QED) is 0.888. The maximum Gasteiger partial charge on any atom is 0.209 e. The van der Waals surface area contributed by atoms with Gasteiger partial charge < -0.3 is 9.52 Å². The molecular weight excluding hydrogens is 271 g/mol. The van der Waals surface area contributed by atoms with Gasteiger partial charge in [-0.25, -0.2) is 9.37 Å². The Kier molecular flexibility index (Phi) is 4.31. The maximum absolute atomic E-state index is 12.9. The molecule has 1 aliphatic carbocycles. The Morgan fingerprint density at radius 1 is 1.29 bits per heavy atom. The van der Waals surface area contributed by atoms with E-state index in [1.165, 1.54) is 31.4 Å². The van der Waals surface area contributed by atoms with Crippen LogP contribution in [-0.4, -0.2) is 34.2 Å². The Bertz CT molecular complexity index is 578. The molecule has 2 aromatic rings. The predicted molar refractivity (Wildman–Crippen MR) is 77.0 cm³/mol. The molecule has 1 fully saturated rings. The number of aromatic nitrogens is 1. The van der Waals surface area contributed by atoms with Crippen molar-refractivity contribution in [1.29, 1.82) is 0 Å². The van der Waals surface area contributed by atoms with Crippen LogP contribution in [0.25, 0.3) is 11.3 Å². The molecule has 0 spiro atoms. The highest BCUT2D eigenvalue weighted by atomic mass is 19.1. The molecule has 1 aliphatic rings. The summed E-state index contributed by atoms with van der Waals surface area (Å²) in [5.41, 5.74) is 0.813. The number of hydrogen-bond donors (Lipinski definition) is 1. The smallest absolute Gasteiger partial charge is 0.209 e. The van der Waals surface area contributed by atoms with E-state index in [0.29, 0.717) is 30.8 Å². The van der Waals surface area contributed by atoms with Crippen LogP contribution in [-0.2, 0) is 6.54 Å². The van der Waals surface area contributed by atoms with Gasteiger partial charge in [0.15, 0.2) is 5.76 Å². The van der Waals surface area contributed by atoms with E-state index in [0.717, 1.165) is 5.56 Å². The second kappa shape index (κ2) is 6.37. The molecule has 1 aromatic carbocycles. The summed E-state index contributed by atoms with van der Waals surface area (Å²) in [5, 5.41) is 9.16. The van der Waals surface area contributed by atoms with Crippen LogP contribution in [0.2, 0.25) is 0 Å². The number of halogens is 1. The van der Waals surface area contributed by atoms with Crippen LogP contribution in [0.3, 0.4) is 0 Å². The Hall–Kier alpha value is -1.72. The van der Waals surface area contributed by atoms with Gasteiger partial charge in [-0.3, -0.25) is 4.90 Å². The number of aliphatic hydroxyl groups is 1. The van der Waals surface area contributed by atoms with Gasteiger partial charge in [0.1, 0.15) is 5.82 Å². The van der Waals surface area contributed by atoms with Crippen LogP contribution in [0.4, 0.5) is 4.39 Å². The van der Waals surface area contributed by atoms with Crippen LogP contribution >= 0.6 is 0 Å². The van der Waals surface area contributed by atoms with Crippen molar-refractivity contribution in [3.63, 3.8) is 0 Å². The van der Waals surface area contributed by atoms with E-state index in [9.17, 15) is 4.39 Å². The van der Waals surface area contributed by atoms with Crippen molar-refractivity contribution in [2.24, 2.45) is 0 Å². The summed E-state index contributed by atoms with van der Waals surface area (Å²) in [5.74, 6) is 1.01. The predicted octanol–water partition coefficient (Wildman–Crippen LogP) is 2.83. The number of aliphatic hydroxyl groups excluding tert-OH is 1. The van der Waals surface area contributed by atoms with Crippen molar-refractivity contribution in [3.8, 4) is 11.3 Å². The molecular formula is C16H19FN2O2. The summed E-state index contributed by atoms with van der Waals surface area (Å²) in [6, 6.07) is 6.69. The molecule has 0 saturated heterocycles. The fourth-order valence-corrected chi connectivity index (χ4v) is 2.58. The van der Waals surface area contributed by atoms with Crippen molar-refractivity contribution < 1.29 is 13.9 Å². The summed E-state index contributed by atoms with van der Waals surface area (Å²) in [6.07, 6.45) is 5.26. The minimum atomic E-state index is -0.266. The second-order valence-corrected chi connectivity index (χ2v) is 5.40. The Labute approximate surface area is 123 Å². The van der Waals surface area contributed by atoms with Crippen molar-refractivity contribution in [1.82, 2.24) is 9.88 Å². The van der Waals surface area contributed by atoms with Gasteiger partial charge in [-0.05, 0) is 37.1 Å². The molecule has 4 nitrogen and oxygen atoms in total. The van der Waals surface area contributed by atoms with Crippen LogP contribution in [0.5, 0.6) is 0 Å².